The smallest absolute Gasteiger partial charge is 0.160 e. The number of nitrogens with one attached hydrogen (secondary N) is 1. The van der Waals surface area contributed by atoms with Gasteiger partial charge in [-0.25, -0.2) is 9.97 Å². The first kappa shape index (κ1) is 13.2. The molecule has 0 radical (unpaired) electrons. The summed E-state index contributed by atoms with van der Waals surface area (Å²) in [4.78, 5) is 11.9. The van der Waals surface area contributed by atoms with Crippen LogP contribution in [-0.2, 0) is 6.42 Å². The van der Waals surface area contributed by atoms with E-state index in [0.29, 0.717) is 6.04 Å². The fourth-order valence-corrected chi connectivity index (χ4v) is 3.82. The van der Waals surface area contributed by atoms with Crippen LogP contribution in [0.5, 0.6) is 0 Å². The van der Waals surface area contributed by atoms with Crippen LogP contribution in [0, 0.1) is 5.92 Å². The van der Waals surface area contributed by atoms with E-state index < -0.39 is 0 Å². The summed E-state index contributed by atoms with van der Waals surface area (Å²) in [6, 6.07) is 4.59. The van der Waals surface area contributed by atoms with Crippen molar-refractivity contribution in [3.63, 3.8) is 0 Å². The van der Waals surface area contributed by atoms with Gasteiger partial charge in [0.15, 0.2) is 5.65 Å². The zero-order valence-corrected chi connectivity index (χ0v) is 12.6. The summed E-state index contributed by atoms with van der Waals surface area (Å²) in [5.74, 6) is 1.97. The summed E-state index contributed by atoms with van der Waals surface area (Å²) >= 11 is 0. The van der Waals surface area contributed by atoms with E-state index in [0.717, 1.165) is 36.6 Å². The molecular weight excluding hydrogens is 262 g/mol. The quantitative estimate of drug-likeness (QED) is 0.927. The Labute approximate surface area is 125 Å². The van der Waals surface area contributed by atoms with Crippen LogP contribution in [0.25, 0.3) is 11.2 Å². The fourth-order valence-electron chi connectivity index (χ4n) is 3.82. The van der Waals surface area contributed by atoms with Gasteiger partial charge in [-0.3, -0.25) is 0 Å². The van der Waals surface area contributed by atoms with Crippen molar-refractivity contribution >= 4 is 11.2 Å². The lowest BCUT2D eigenvalue weighted by Crippen LogP contribution is -2.19. The molecule has 0 amide bonds. The van der Waals surface area contributed by atoms with Crippen LogP contribution >= 0.6 is 0 Å². The van der Waals surface area contributed by atoms with Crippen molar-refractivity contribution in [1.82, 2.24) is 24.8 Å². The highest BCUT2D eigenvalue weighted by Crippen LogP contribution is 2.27. The third-order valence-corrected chi connectivity index (χ3v) is 4.88. The Morgan fingerprint density at radius 1 is 1.38 bits per heavy atom. The molecule has 4 rings (SSSR count). The summed E-state index contributed by atoms with van der Waals surface area (Å²) in [5, 5.41) is 3.47. The van der Waals surface area contributed by atoms with Gasteiger partial charge in [-0.05, 0) is 51.0 Å². The normalized spacial score (nSPS) is 26.9. The topological polar surface area (TPSA) is 46.0 Å². The van der Waals surface area contributed by atoms with Crippen molar-refractivity contribution in [3.05, 3.63) is 24.2 Å². The zero-order valence-electron chi connectivity index (χ0n) is 12.6. The molecule has 0 bridgehead atoms. The van der Waals surface area contributed by atoms with E-state index in [1.54, 1.807) is 0 Å². The third kappa shape index (κ3) is 2.45. The molecule has 2 atom stereocenters. The Hall–Kier alpha value is -1.46. The van der Waals surface area contributed by atoms with Crippen LogP contribution in [0.3, 0.4) is 0 Å². The number of imidazole rings is 1. The highest BCUT2D eigenvalue weighted by Gasteiger charge is 2.26. The second kappa shape index (κ2) is 5.39. The molecule has 2 unspecified atom stereocenters. The molecule has 1 N–H and O–H groups in total. The lowest BCUT2D eigenvalue weighted by molar-refractivity contribution is 0.389. The second-order valence-electron chi connectivity index (χ2n) is 6.51. The number of hydrogen-bond acceptors (Lipinski definition) is 4. The average molecular weight is 285 g/mol. The Kier molecular flexibility index (Phi) is 3.39. The summed E-state index contributed by atoms with van der Waals surface area (Å²) in [5.41, 5.74) is 2.11. The van der Waals surface area contributed by atoms with Crippen LogP contribution in [0.1, 0.15) is 24.7 Å². The molecule has 2 fully saturated rings. The van der Waals surface area contributed by atoms with E-state index in [1.807, 2.05) is 12.3 Å². The highest BCUT2D eigenvalue weighted by atomic mass is 15.2. The molecule has 0 saturated carbocycles. The maximum Gasteiger partial charge on any atom is 0.160 e. The van der Waals surface area contributed by atoms with Crippen molar-refractivity contribution in [2.75, 3.05) is 33.2 Å². The number of nitrogens with zero attached hydrogens (tertiary/aromatic N) is 4. The molecule has 2 saturated heterocycles. The molecule has 5 heteroatoms. The number of likely N-dealkylation sites (tertiary alicyclic amines) is 1. The average Bonchev–Trinajstić information content (AvgIpc) is 3.18. The number of fused-ring (bicyclic) bond motifs is 1. The summed E-state index contributed by atoms with van der Waals surface area (Å²) in [6.07, 6.45) is 5.43. The minimum Gasteiger partial charge on any atom is -0.315 e. The summed E-state index contributed by atoms with van der Waals surface area (Å²) in [6.45, 7) is 4.55. The molecule has 2 aromatic heterocycles. The molecule has 0 aliphatic carbocycles. The molecule has 0 spiro atoms. The van der Waals surface area contributed by atoms with Gasteiger partial charge in [-0.15, -0.1) is 0 Å². The number of rotatable bonds is 3. The van der Waals surface area contributed by atoms with Gasteiger partial charge in [0.25, 0.3) is 0 Å². The first-order valence-electron chi connectivity index (χ1n) is 8.02. The van der Waals surface area contributed by atoms with Crippen LogP contribution in [-0.4, -0.2) is 52.7 Å². The van der Waals surface area contributed by atoms with Gasteiger partial charge in [0.2, 0.25) is 0 Å². The monoisotopic (exact) mass is 285 g/mol. The molecule has 2 aromatic rings. The number of pyridine rings is 1. The van der Waals surface area contributed by atoms with Crippen molar-refractivity contribution < 1.29 is 0 Å². The Morgan fingerprint density at radius 3 is 3.10 bits per heavy atom. The van der Waals surface area contributed by atoms with Crippen LogP contribution in [0.2, 0.25) is 0 Å². The van der Waals surface area contributed by atoms with Gasteiger partial charge < -0.3 is 14.8 Å². The van der Waals surface area contributed by atoms with Crippen LogP contribution < -0.4 is 5.32 Å². The van der Waals surface area contributed by atoms with E-state index in [-0.39, 0.29) is 0 Å². The summed E-state index contributed by atoms with van der Waals surface area (Å²) in [7, 11) is 2.21. The molecule has 2 aliphatic heterocycles. The van der Waals surface area contributed by atoms with Gasteiger partial charge >= 0.3 is 0 Å². The largest absolute Gasteiger partial charge is 0.315 e. The predicted molar refractivity (Wildman–Crippen MR) is 83.4 cm³/mol. The first-order chi connectivity index (χ1) is 10.3. The third-order valence-electron chi connectivity index (χ3n) is 4.88. The lowest BCUT2D eigenvalue weighted by atomic mass is 10.0. The van der Waals surface area contributed by atoms with Crippen molar-refractivity contribution in [2.45, 2.75) is 25.3 Å². The molecule has 0 aromatic carbocycles. The van der Waals surface area contributed by atoms with Gasteiger partial charge in [0.1, 0.15) is 11.3 Å². The Bertz CT molecular complexity index is 629. The van der Waals surface area contributed by atoms with Crippen molar-refractivity contribution in [1.29, 1.82) is 0 Å². The van der Waals surface area contributed by atoms with Gasteiger partial charge in [-0.2, -0.15) is 0 Å². The van der Waals surface area contributed by atoms with E-state index in [2.05, 4.69) is 32.9 Å². The number of hydrogen-bond donors (Lipinski definition) is 1. The van der Waals surface area contributed by atoms with Gasteiger partial charge in [0.05, 0.1) is 6.04 Å². The summed E-state index contributed by atoms with van der Waals surface area (Å²) < 4.78 is 2.41. The Morgan fingerprint density at radius 2 is 2.33 bits per heavy atom. The molecule has 4 heterocycles. The molecule has 5 nitrogen and oxygen atoms in total. The minimum absolute atomic E-state index is 0.513. The van der Waals surface area contributed by atoms with Crippen LogP contribution in [0.15, 0.2) is 18.3 Å². The molecule has 2 aliphatic rings. The lowest BCUT2D eigenvalue weighted by Gasteiger charge is -2.17. The number of aromatic nitrogens is 3. The molecule has 112 valence electrons. The van der Waals surface area contributed by atoms with Crippen LogP contribution in [0.4, 0.5) is 0 Å². The van der Waals surface area contributed by atoms with Crippen molar-refractivity contribution in [2.24, 2.45) is 5.92 Å². The highest BCUT2D eigenvalue weighted by molar-refractivity contribution is 5.71. The minimum atomic E-state index is 0.513. The fraction of sp³-hybridized carbons (Fsp3) is 0.625. The predicted octanol–water partition coefficient (Wildman–Crippen LogP) is 1.46. The van der Waals surface area contributed by atoms with Gasteiger partial charge in [0, 0.05) is 25.7 Å². The maximum absolute atomic E-state index is 4.90. The standard InChI is InChI=1S/C16H23N5/c1-20-8-5-12(11-20)9-15-19-14-3-2-6-18-16(14)21(15)13-4-7-17-10-13/h2-3,6,12-13,17H,4-5,7-11H2,1H3. The van der Waals surface area contributed by atoms with Gasteiger partial charge in [-0.1, -0.05) is 0 Å². The maximum atomic E-state index is 4.90. The van der Waals surface area contributed by atoms with E-state index in [1.165, 1.54) is 31.8 Å². The van der Waals surface area contributed by atoms with E-state index in [4.69, 9.17) is 4.98 Å². The van der Waals surface area contributed by atoms with E-state index in [9.17, 15) is 0 Å². The Balaban J connectivity index is 1.70. The van der Waals surface area contributed by atoms with Crippen molar-refractivity contribution in [3.8, 4) is 0 Å². The van der Waals surface area contributed by atoms with E-state index >= 15 is 0 Å². The molecule has 21 heavy (non-hydrogen) atoms. The first-order valence-corrected chi connectivity index (χ1v) is 8.02. The zero-order chi connectivity index (χ0) is 14.2. The second-order valence-corrected chi connectivity index (χ2v) is 6.51. The molecular formula is C16H23N5. The SMILES string of the molecule is CN1CCC(Cc2nc3cccnc3n2C2CCNC2)C1.